The summed E-state index contributed by atoms with van der Waals surface area (Å²) in [6.45, 7) is 2.34. The van der Waals surface area contributed by atoms with Crippen LogP contribution in [0.2, 0.25) is 0 Å². The molecule has 1 aliphatic carbocycles. The number of nitrogens with zero attached hydrogens (tertiary/aromatic N) is 3. The summed E-state index contributed by atoms with van der Waals surface area (Å²) in [7, 11) is 0. The van der Waals surface area contributed by atoms with Crippen LogP contribution in [0.5, 0.6) is 0 Å². The number of anilines is 2. The van der Waals surface area contributed by atoms with Crippen LogP contribution in [0.25, 0.3) is 27.6 Å². The number of fused-ring (bicyclic) bond motifs is 6. The maximum atomic E-state index is 4.84. The van der Waals surface area contributed by atoms with Crippen LogP contribution in [0.15, 0.2) is 115 Å². The molecule has 0 N–H and O–H groups in total. The number of rotatable bonds is 2. The number of hydrogen-bond acceptors (Lipinski definition) is 2. The number of allylic oxidation sites excluding steroid dienone is 2. The quantitative estimate of drug-likeness (QED) is 0.301. The number of benzene rings is 3. The maximum Gasteiger partial charge on any atom is 0.139 e. The Hall–Kier alpha value is -4.11. The Morgan fingerprint density at radius 2 is 1.48 bits per heavy atom. The summed E-state index contributed by atoms with van der Waals surface area (Å²) in [4.78, 5) is 7.30. The standard InChI is InChI=1S/C30H23N3/c1-30-18-9-8-16-28(30)32(27-15-7-4-12-24(27)30)21-17-19-31-29(20-21)33-25-13-5-2-10-22(25)23-11-3-6-14-26(23)33/h2-20,28H,1H3. The monoisotopic (exact) mass is 425 g/mol. The van der Waals surface area contributed by atoms with E-state index in [0.717, 1.165) is 11.5 Å². The Morgan fingerprint density at radius 3 is 2.27 bits per heavy atom. The molecule has 2 atom stereocenters. The third kappa shape index (κ3) is 2.48. The molecule has 3 heterocycles. The van der Waals surface area contributed by atoms with E-state index in [1.165, 1.54) is 33.1 Å². The largest absolute Gasteiger partial charge is 0.333 e. The zero-order chi connectivity index (χ0) is 22.0. The highest BCUT2D eigenvalue weighted by Crippen LogP contribution is 2.51. The molecular weight excluding hydrogens is 402 g/mol. The first-order valence-corrected chi connectivity index (χ1v) is 11.5. The molecule has 2 aliphatic rings. The highest BCUT2D eigenvalue weighted by atomic mass is 15.2. The van der Waals surface area contributed by atoms with E-state index in [1.807, 2.05) is 6.20 Å². The van der Waals surface area contributed by atoms with Crippen molar-refractivity contribution in [1.82, 2.24) is 9.55 Å². The van der Waals surface area contributed by atoms with E-state index in [0.29, 0.717) is 0 Å². The van der Waals surface area contributed by atoms with Gasteiger partial charge in [-0.25, -0.2) is 4.98 Å². The lowest BCUT2D eigenvalue weighted by atomic mass is 9.76. The van der Waals surface area contributed by atoms with Crippen molar-refractivity contribution in [3.63, 3.8) is 0 Å². The molecule has 5 aromatic rings. The van der Waals surface area contributed by atoms with Crippen molar-refractivity contribution in [2.75, 3.05) is 4.90 Å². The fourth-order valence-corrected chi connectivity index (χ4v) is 5.76. The number of hydrogen-bond donors (Lipinski definition) is 0. The SMILES string of the molecule is CC12C=CC=CC1N(c1ccnc(-n3c4ccccc4c4ccccc43)c1)c1ccccc12. The van der Waals surface area contributed by atoms with E-state index in [1.54, 1.807) is 0 Å². The number of para-hydroxylation sites is 3. The van der Waals surface area contributed by atoms with Gasteiger partial charge >= 0.3 is 0 Å². The van der Waals surface area contributed by atoms with Gasteiger partial charge in [0, 0.05) is 39.8 Å². The Balaban J connectivity index is 1.46. The van der Waals surface area contributed by atoms with Crippen LogP contribution in [-0.4, -0.2) is 15.6 Å². The molecule has 3 aromatic carbocycles. The van der Waals surface area contributed by atoms with Gasteiger partial charge in [-0.15, -0.1) is 0 Å². The molecule has 0 saturated heterocycles. The molecule has 0 fully saturated rings. The lowest BCUT2D eigenvalue weighted by Gasteiger charge is -2.34. The van der Waals surface area contributed by atoms with E-state index < -0.39 is 0 Å². The molecule has 2 unspecified atom stereocenters. The number of pyridine rings is 1. The average Bonchev–Trinajstić information content (AvgIpc) is 3.34. The van der Waals surface area contributed by atoms with Crippen molar-refractivity contribution in [2.45, 2.75) is 18.4 Å². The van der Waals surface area contributed by atoms with E-state index in [4.69, 9.17) is 4.98 Å². The van der Waals surface area contributed by atoms with Gasteiger partial charge in [0.25, 0.3) is 0 Å². The minimum Gasteiger partial charge on any atom is -0.333 e. The molecule has 158 valence electrons. The lowest BCUT2D eigenvalue weighted by Crippen LogP contribution is -2.39. The van der Waals surface area contributed by atoms with Crippen LogP contribution in [0, 0.1) is 0 Å². The molecule has 33 heavy (non-hydrogen) atoms. The smallest absolute Gasteiger partial charge is 0.139 e. The fraction of sp³-hybridized carbons (Fsp3) is 0.100. The van der Waals surface area contributed by atoms with Crippen molar-refractivity contribution >= 4 is 33.2 Å². The van der Waals surface area contributed by atoms with Crippen molar-refractivity contribution in [3.8, 4) is 5.82 Å². The summed E-state index contributed by atoms with van der Waals surface area (Å²) in [5.41, 5.74) is 6.09. The molecular formula is C30H23N3. The first-order chi connectivity index (χ1) is 16.3. The molecule has 0 spiro atoms. The van der Waals surface area contributed by atoms with E-state index >= 15 is 0 Å². The second-order valence-electron chi connectivity index (χ2n) is 9.10. The first kappa shape index (κ1) is 18.5. The molecule has 0 radical (unpaired) electrons. The van der Waals surface area contributed by atoms with Gasteiger partial charge in [-0.3, -0.25) is 4.57 Å². The second-order valence-corrected chi connectivity index (χ2v) is 9.10. The molecule has 3 heteroatoms. The molecule has 0 saturated carbocycles. The summed E-state index contributed by atoms with van der Waals surface area (Å²) < 4.78 is 2.28. The highest BCUT2D eigenvalue weighted by molar-refractivity contribution is 6.09. The van der Waals surface area contributed by atoms with Crippen LogP contribution < -0.4 is 4.90 Å². The molecule has 3 nitrogen and oxygen atoms in total. The Labute approximate surface area is 192 Å². The summed E-state index contributed by atoms with van der Waals surface area (Å²) in [5, 5.41) is 2.50. The third-order valence-electron chi connectivity index (χ3n) is 7.30. The third-order valence-corrected chi connectivity index (χ3v) is 7.30. The van der Waals surface area contributed by atoms with Crippen molar-refractivity contribution in [1.29, 1.82) is 0 Å². The highest BCUT2D eigenvalue weighted by Gasteiger charge is 2.46. The summed E-state index contributed by atoms with van der Waals surface area (Å²) in [6.07, 6.45) is 10.9. The van der Waals surface area contributed by atoms with Gasteiger partial charge in [-0.2, -0.15) is 0 Å². The van der Waals surface area contributed by atoms with Crippen molar-refractivity contribution in [3.05, 3.63) is 121 Å². The van der Waals surface area contributed by atoms with E-state index in [2.05, 4.69) is 126 Å². The Morgan fingerprint density at radius 1 is 0.788 bits per heavy atom. The van der Waals surface area contributed by atoms with Gasteiger partial charge in [0.2, 0.25) is 0 Å². The van der Waals surface area contributed by atoms with E-state index in [-0.39, 0.29) is 11.5 Å². The summed E-state index contributed by atoms with van der Waals surface area (Å²) >= 11 is 0. The minimum absolute atomic E-state index is 0.0539. The maximum absolute atomic E-state index is 4.84. The van der Waals surface area contributed by atoms with Crippen LogP contribution in [0.3, 0.4) is 0 Å². The van der Waals surface area contributed by atoms with Gasteiger partial charge < -0.3 is 4.90 Å². The van der Waals surface area contributed by atoms with Gasteiger partial charge in [-0.05, 0) is 36.8 Å². The topological polar surface area (TPSA) is 21.1 Å². The van der Waals surface area contributed by atoms with Gasteiger partial charge in [-0.1, -0.05) is 78.9 Å². The molecule has 0 amide bonds. The first-order valence-electron chi connectivity index (χ1n) is 11.5. The fourth-order valence-electron chi connectivity index (χ4n) is 5.76. The van der Waals surface area contributed by atoms with Crippen LogP contribution in [0.4, 0.5) is 11.4 Å². The normalized spacial score (nSPS) is 21.0. The Bertz CT molecular complexity index is 1550. The van der Waals surface area contributed by atoms with Crippen LogP contribution in [0.1, 0.15) is 12.5 Å². The number of aromatic nitrogens is 2. The second kappa shape index (κ2) is 6.69. The van der Waals surface area contributed by atoms with Crippen LogP contribution >= 0.6 is 0 Å². The zero-order valence-corrected chi connectivity index (χ0v) is 18.4. The minimum atomic E-state index is -0.0539. The summed E-state index contributed by atoms with van der Waals surface area (Å²) in [5.74, 6) is 0.936. The molecule has 7 rings (SSSR count). The van der Waals surface area contributed by atoms with E-state index in [9.17, 15) is 0 Å². The predicted molar refractivity (Wildman–Crippen MR) is 137 cm³/mol. The zero-order valence-electron chi connectivity index (χ0n) is 18.4. The lowest BCUT2D eigenvalue weighted by molar-refractivity contribution is 0.550. The van der Waals surface area contributed by atoms with Crippen LogP contribution in [-0.2, 0) is 5.41 Å². The van der Waals surface area contributed by atoms with Gasteiger partial charge in [0.05, 0.1) is 17.1 Å². The molecule has 1 aliphatic heterocycles. The predicted octanol–water partition coefficient (Wildman–Crippen LogP) is 7.08. The van der Waals surface area contributed by atoms with Crippen molar-refractivity contribution in [2.24, 2.45) is 0 Å². The average molecular weight is 426 g/mol. The Kier molecular flexibility index (Phi) is 3.74. The molecule has 2 aromatic heterocycles. The molecule has 0 bridgehead atoms. The summed E-state index contributed by atoms with van der Waals surface area (Å²) in [6, 6.07) is 30.5. The van der Waals surface area contributed by atoms with Gasteiger partial charge in [0.1, 0.15) is 5.82 Å². The van der Waals surface area contributed by atoms with Crippen molar-refractivity contribution < 1.29 is 0 Å². The van der Waals surface area contributed by atoms with Gasteiger partial charge in [0.15, 0.2) is 0 Å².